The van der Waals surface area contributed by atoms with Gasteiger partial charge in [-0.15, -0.1) is 0 Å². The Balaban J connectivity index is 1.92. The summed E-state index contributed by atoms with van der Waals surface area (Å²) in [6.07, 6.45) is 1.14. The fraction of sp³-hybridized carbons (Fsp3) is 0.462. The molecule has 0 spiro atoms. The van der Waals surface area contributed by atoms with Crippen LogP contribution in [0.5, 0.6) is 0 Å². The molecule has 0 saturated carbocycles. The maximum atomic E-state index is 11.9. The predicted molar refractivity (Wildman–Crippen MR) is 69.5 cm³/mol. The third-order valence-corrected chi connectivity index (χ3v) is 3.56. The number of benzene rings is 1. The van der Waals surface area contributed by atoms with Crippen molar-refractivity contribution in [1.29, 1.82) is 0 Å². The highest BCUT2D eigenvalue weighted by molar-refractivity contribution is 6.31. The zero-order valence-corrected chi connectivity index (χ0v) is 10.7. The van der Waals surface area contributed by atoms with E-state index in [2.05, 4.69) is 10.6 Å². The van der Waals surface area contributed by atoms with E-state index in [4.69, 9.17) is 11.6 Å². The number of hydrogen-bond acceptors (Lipinski definition) is 2. The Morgan fingerprint density at radius 1 is 1.59 bits per heavy atom. The van der Waals surface area contributed by atoms with Gasteiger partial charge in [-0.1, -0.05) is 11.6 Å². The van der Waals surface area contributed by atoms with Crippen molar-refractivity contribution in [2.75, 3.05) is 19.6 Å². The molecule has 3 nitrogen and oxygen atoms in total. The van der Waals surface area contributed by atoms with Gasteiger partial charge in [-0.05, 0) is 56.1 Å². The third-order valence-electron chi connectivity index (χ3n) is 3.13. The fourth-order valence-electron chi connectivity index (χ4n) is 2.01. The standard InChI is InChI=1S/C13H17ClN2O/c1-9-6-11(2-3-12(9)14)13(17)16-8-10-4-5-15-7-10/h2-3,6,10,15H,4-5,7-8H2,1H3,(H,16,17). The minimum absolute atomic E-state index is 0.0170. The van der Waals surface area contributed by atoms with Crippen molar-refractivity contribution in [3.63, 3.8) is 0 Å². The molecule has 1 aromatic carbocycles. The highest BCUT2D eigenvalue weighted by Crippen LogP contribution is 2.16. The van der Waals surface area contributed by atoms with Crippen LogP contribution in [0.1, 0.15) is 22.3 Å². The van der Waals surface area contributed by atoms with Crippen molar-refractivity contribution in [1.82, 2.24) is 10.6 Å². The first-order valence-corrected chi connectivity index (χ1v) is 6.29. The molecule has 2 N–H and O–H groups in total. The SMILES string of the molecule is Cc1cc(C(=O)NCC2CCNC2)ccc1Cl. The summed E-state index contributed by atoms with van der Waals surface area (Å²) in [5.74, 6) is 0.545. The molecule has 4 heteroatoms. The number of carbonyl (C=O) groups excluding carboxylic acids is 1. The molecule has 0 aliphatic carbocycles. The van der Waals surface area contributed by atoms with Gasteiger partial charge in [-0.2, -0.15) is 0 Å². The second-order valence-electron chi connectivity index (χ2n) is 4.53. The zero-order chi connectivity index (χ0) is 12.3. The molecule has 1 aromatic rings. The molecular formula is C13H17ClN2O. The minimum Gasteiger partial charge on any atom is -0.352 e. The number of rotatable bonds is 3. The van der Waals surface area contributed by atoms with E-state index < -0.39 is 0 Å². The van der Waals surface area contributed by atoms with Crippen LogP contribution < -0.4 is 10.6 Å². The van der Waals surface area contributed by atoms with Gasteiger partial charge in [0.05, 0.1) is 0 Å². The number of hydrogen-bond donors (Lipinski definition) is 2. The van der Waals surface area contributed by atoms with E-state index in [0.29, 0.717) is 16.5 Å². The van der Waals surface area contributed by atoms with E-state index in [1.54, 1.807) is 12.1 Å². The second-order valence-corrected chi connectivity index (χ2v) is 4.94. The first kappa shape index (κ1) is 12.4. The van der Waals surface area contributed by atoms with Crippen LogP contribution >= 0.6 is 11.6 Å². The van der Waals surface area contributed by atoms with Gasteiger partial charge in [0.25, 0.3) is 5.91 Å². The Hall–Kier alpha value is -1.06. The van der Waals surface area contributed by atoms with E-state index in [1.165, 1.54) is 0 Å². The number of carbonyl (C=O) groups is 1. The summed E-state index contributed by atoms with van der Waals surface area (Å²) in [5, 5.41) is 6.95. The van der Waals surface area contributed by atoms with Crippen LogP contribution in [0, 0.1) is 12.8 Å². The van der Waals surface area contributed by atoms with Gasteiger partial charge in [-0.3, -0.25) is 4.79 Å². The first-order valence-electron chi connectivity index (χ1n) is 5.92. The number of aryl methyl sites for hydroxylation is 1. The molecule has 0 aromatic heterocycles. The summed E-state index contributed by atoms with van der Waals surface area (Å²) in [7, 11) is 0. The van der Waals surface area contributed by atoms with E-state index in [9.17, 15) is 4.79 Å². The summed E-state index contributed by atoms with van der Waals surface area (Å²) in [6, 6.07) is 5.35. The van der Waals surface area contributed by atoms with Gasteiger partial charge in [0.2, 0.25) is 0 Å². The van der Waals surface area contributed by atoms with Crippen molar-refractivity contribution >= 4 is 17.5 Å². The van der Waals surface area contributed by atoms with Crippen LogP contribution in [0.2, 0.25) is 5.02 Å². The van der Waals surface area contributed by atoms with Crippen molar-refractivity contribution in [2.45, 2.75) is 13.3 Å². The number of amides is 1. The lowest BCUT2D eigenvalue weighted by Gasteiger charge is -2.10. The number of halogens is 1. The summed E-state index contributed by atoms with van der Waals surface area (Å²) in [4.78, 5) is 11.9. The first-order chi connectivity index (χ1) is 8.16. The lowest BCUT2D eigenvalue weighted by Crippen LogP contribution is -2.30. The van der Waals surface area contributed by atoms with Crippen LogP contribution in [0.15, 0.2) is 18.2 Å². The maximum absolute atomic E-state index is 11.9. The highest BCUT2D eigenvalue weighted by atomic mass is 35.5. The smallest absolute Gasteiger partial charge is 0.251 e. The largest absolute Gasteiger partial charge is 0.352 e. The van der Waals surface area contributed by atoms with E-state index in [-0.39, 0.29) is 5.91 Å². The van der Waals surface area contributed by atoms with Crippen molar-refractivity contribution in [3.05, 3.63) is 34.3 Å². The maximum Gasteiger partial charge on any atom is 0.251 e. The Bertz CT molecular complexity index is 414. The molecule has 1 unspecified atom stereocenters. The van der Waals surface area contributed by atoms with E-state index in [0.717, 1.165) is 31.6 Å². The van der Waals surface area contributed by atoms with E-state index >= 15 is 0 Å². The molecule has 1 saturated heterocycles. The van der Waals surface area contributed by atoms with Gasteiger partial charge < -0.3 is 10.6 Å². The lowest BCUT2D eigenvalue weighted by atomic mass is 10.1. The Labute approximate surface area is 107 Å². The minimum atomic E-state index is -0.0170. The Morgan fingerprint density at radius 3 is 3.06 bits per heavy atom. The Morgan fingerprint density at radius 2 is 2.41 bits per heavy atom. The van der Waals surface area contributed by atoms with E-state index in [1.807, 2.05) is 13.0 Å². The molecule has 1 aliphatic heterocycles. The normalized spacial score (nSPS) is 19.3. The molecule has 1 amide bonds. The summed E-state index contributed by atoms with van der Waals surface area (Å²) < 4.78 is 0. The molecule has 0 bridgehead atoms. The summed E-state index contributed by atoms with van der Waals surface area (Å²) in [5.41, 5.74) is 1.61. The molecule has 17 heavy (non-hydrogen) atoms. The van der Waals surface area contributed by atoms with Gasteiger partial charge in [-0.25, -0.2) is 0 Å². The van der Waals surface area contributed by atoms with Gasteiger partial charge in [0.15, 0.2) is 0 Å². The molecule has 92 valence electrons. The lowest BCUT2D eigenvalue weighted by molar-refractivity contribution is 0.0948. The molecule has 1 atom stereocenters. The highest BCUT2D eigenvalue weighted by Gasteiger charge is 2.15. The van der Waals surface area contributed by atoms with Crippen molar-refractivity contribution in [2.24, 2.45) is 5.92 Å². The molecule has 0 radical (unpaired) electrons. The fourth-order valence-corrected chi connectivity index (χ4v) is 2.13. The molecule has 1 fully saturated rings. The summed E-state index contributed by atoms with van der Waals surface area (Å²) >= 11 is 5.93. The van der Waals surface area contributed by atoms with Gasteiger partial charge in [0, 0.05) is 17.1 Å². The van der Waals surface area contributed by atoms with Crippen LogP contribution in [0.4, 0.5) is 0 Å². The molecule has 1 aliphatic rings. The van der Waals surface area contributed by atoms with Crippen LogP contribution in [-0.2, 0) is 0 Å². The van der Waals surface area contributed by atoms with Crippen LogP contribution in [0.25, 0.3) is 0 Å². The average Bonchev–Trinajstić information content (AvgIpc) is 2.82. The average molecular weight is 253 g/mol. The zero-order valence-electron chi connectivity index (χ0n) is 9.92. The number of nitrogens with one attached hydrogen (secondary N) is 2. The van der Waals surface area contributed by atoms with Gasteiger partial charge >= 0.3 is 0 Å². The molecule has 2 rings (SSSR count). The van der Waals surface area contributed by atoms with Gasteiger partial charge in [0.1, 0.15) is 0 Å². The van der Waals surface area contributed by atoms with Crippen LogP contribution in [0.3, 0.4) is 0 Å². The molecular weight excluding hydrogens is 236 g/mol. The third kappa shape index (κ3) is 3.20. The quantitative estimate of drug-likeness (QED) is 0.864. The van der Waals surface area contributed by atoms with Crippen LogP contribution in [-0.4, -0.2) is 25.5 Å². The van der Waals surface area contributed by atoms with Crippen molar-refractivity contribution < 1.29 is 4.79 Å². The monoisotopic (exact) mass is 252 g/mol. The topological polar surface area (TPSA) is 41.1 Å². The van der Waals surface area contributed by atoms with Crippen molar-refractivity contribution in [3.8, 4) is 0 Å². The summed E-state index contributed by atoms with van der Waals surface area (Å²) in [6.45, 7) is 4.70. The Kier molecular flexibility index (Phi) is 4.02. The predicted octanol–water partition coefficient (Wildman–Crippen LogP) is 1.99. The second kappa shape index (κ2) is 5.52. The molecule has 1 heterocycles.